The lowest BCUT2D eigenvalue weighted by atomic mass is 10.1. The van der Waals surface area contributed by atoms with Crippen LogP contribution in [0.2, 0.25) is 0 Å². The molecule has 0 unspecified atom stereocenters. The van der Waals surface area contributed by atoms with E-state index in [1.54, 1.807) is 9.21 Å². The van der Waals surface area contributed by atoms with E-state index < -0.39 is 10.0 Å². The largest absolute Gasteiger partial charge is 0.448 e. The number of hydrogen-bond acceptors (Lipinski definition) is 4. The van der Waals surface area contributed by atoms with E-state index in [0.29, 0.717) is 45.5 Å². The van der Waals surface area contributed by atoms with E-state index in [-0.39, 0.29) is 17.9 Å². The Kier molecular flexibility index (Phi) is 4.67. The molecule has 6 nitrogen and oxygen atoms in total. The van der Waals surface area contributed by atoms with E-state index in [1.807, 2.05) is 6.92 Å². The lowest BCUT2D eigenvalue weighted by Crippen LogP contribution is -2.47. The van der Waals surface area contributed by atoms with Crippen molar-refractivity contribution in [3.63, 3.8) is 0 Å². The van der Waals surface area contributed by atoms with Gasteiger partial charge in [0.1, 0.15) is 6.61 Å². The van der Waals surface area contributed by atoms with Crippen molar-refractivity contribution in [1.29, 1.82) is 0 Å². The molecule has 0 atom stereocenters. The fraction of sp³-hybridized carbons (Fsp3) is 0.917. The number of sulfonamides is 1. The highest BCUT2D eigenvalue weighted by Gasteiger charge is 2.34. The van der Waals surface area contributed by atoms with Gasteiger partial charge in [-0.05, 0) is 19.3 Å². The standard InChI is InChI=1S/C12H22N2O4S/c1-2-3-10-19(16,17)13-6-4-11(5-7-13)14-8-9-18-12(14)15/h11H,2-10H2,1H3. The van der Waals surface area contributed by atoms with Crippen LogP contribution in [-0.4, -0.2) is 61.8 Å². The van der Waals surface area contributed by atoms with Gasteiger partial charge in [-0.15, -0.1) is 0 Å². The molecular weight excluding hydrogens is 268 g/mol. The maximum absolute atomic E-state index is 12.1. The van der Waals surface area contributed by atoms with E-state index >= 15 is 0 Å². The fourth-order valence-electron chi connectivity index (χ4n) is 2.62. The number of amides is 1. The lowest BCUT2D eigenvalue weighted by Gasteiger charge is -2.34. The molecule has 1 amide bonds. The van der Waals surface area contributed by atoms with Crippen LogP contribution >= 0.6 is 0 Å². The Hall–Kier alpha value is -0.820. The zero-order valence-corrected chi connectivity index (χ0v) is 12.2. The smallest absolute Gasteiger partial charge is 0.410 e. The van der Waals surface area contributed by atoms with E-state index in [4.69, 9.17) is 4.74 Å². The Bertz CT molecular complexity index is 415. The number of piperidine rings is 1. The number of hydrogen-bond donors (Lipinski definition) is 0. The molecule has 2 fully saturated rings. The van der Waals surface area contributed by atoms with Crippen LogP contribution in [0.15, 0.2) is 0 Å². The summed E-state index contributed by atoms with van der Waals surface area (Å²) in [5, 5.41) is 0. The molecule has 2 saturated heterocycles. The molecule has 7 heteroatoms. The SMILES string of the molecule is CCCCS(=O)(=O)N1CCC(N2CCOC2=O)CC1. The van der Waals surface area contributed by atoms with Crippen LogP contribution in [0, 0.1) is 0 Å². The summed E-state index contributed by atoms with van der Waals surface area (Å²) in [6, 6.07) is 0.132. The maximum atomic E-state index is 12.1. The molecule has 0 N–H and O–H groups in total. The van der Waals surface area contributed by atoms with E-state index in [0.717, 1.165) is 6.42 Å². The van der Waals surface area contributed by atoms with E-state index in [9.17, 15) is 13.2 Å². The van der Waals surface area contributed by atoms with Crippen LogP contribution in [0.25, 0.3) is 0 Å². The van der Waals surface area contributed by atoms with Crippen molar-refractivity contribution in [2.24, 2.45) is 0 Å². The van der Waals surface area contributed by atoms with Gasteiger partial charge < -0.3 is 9.64 Å². The van der Waals surface area contributed by atoms with Crippen molar-refractivity contribution >= 4 is 16.1 Å². The second-order valence-electron chi connectivity index (χ2n) is 5.11. The first kappa shape index (κ1) is 14.6. The van der Waals surface area contributed by atoms with Crippen LogP contribution in [0.1, 0.15) is 32.6 Å². The van der Waals surface area contributed by atoms with Crippen LogP contribution in [0.4, 0.5) is 4.79 Å². The minimum absolute atomic E-state index is 0.132. The number of rotatable bonds is 5. The van der Waals surface area contributed by atoms with Gasteiger partial charge in [0.2, 0.25) is 10.0 Å². The molecule has 19 heavy (non-hydrogen) atoms. The molecule has 2 rings (SSSR count). The third-order valence-electron chi connectivity index (χ3n) is 3.81. The maximum Gasteiger partial charge on any atom is 0.410 e. The predicted molar refractivity (Wildman–Crippen MR) is 71.3 cm³/mol. The normalized spacial score (nSPS) is 22.8. The summed E-state index contributed by atoms with van der Waals surface area (Å²) in [4.78, 5) is 13.2. The molecule has 2 aliphatic rings. The number of unbranched alkanes of at least 4 members (excludes halogenated alkanes) is 1. The van der Waals surface area contributed by atoms with Gasteiger partial charge >= 0.3 is 6.09 Å². The zero-order chi connectivity index (χ0) is 13.9. The Balaban J connectivity index is 1.87. The van der Waals surface area contributed by atoms with Gasteiger partial charge in [-0.2, -0.15) is 0 Å². The Labute approximate surface area is 114 Å². The summed E-state index contributed by atoms with van der Waals surface area (Å²) in [6.07, 6.45) is 2.75. The van der Waals surface area contributed by atoms with Gasteiger partial charge in [0, 0.05) is 19.1 Å². The van der Waals surface area contributed by atoms with Crippen LogP contribution in [0.5, 0.6) is 0 Å². The fourth-order valence-corrected chi connectivity index (χ4v) is 4.30. The van der Waals surface area contributed by atoms with Crippen molar-refractivity contribution in [3.05, 3.63) is 0 Å². The van der Waals surface area contributed by atoms with Gasteiger partial charge in [-0.3, -0.25) is 0 Å². The van der Waals surface area contributed by atoms with Gasteiger partial charge in [-0.1, -0.05) is 13.3 Å². The van der Waals surface area contributed by atoms with Crippen LogP contribution in [-0.2, 0) is 14.8 Å². The molecule has 110 valence electrons. The monoisotopic (exact) mass is 290 g/mol. The Morgan fingerprint density at radius 2 is 1.95 bits per heavy atom. The zero-order valence-electron chi connectivity index (χ0n) is 11.4. The molecule has 0 bridgehead atoms. The first-order valence-electron chi connectivity index (χ1n) is 6.96. The molecule has 0 aliphatic carbocycles. The average molecular weight is 290 g/mol. The topological polar surface area (TPSA) is 66.9 Å². The number of ether oxygens (including phenoxy) is 1. The summed E-state index contributed by atoms with van der Waals surface area (Å²) in [7, 11) is -3.11. The molecule has 0 aromatic rings. The number of carbonyl (C=O) groups excluding carboxylic acids is 1. The number of nitrogens with zero attached hydrogens (tertiary/aromatic N) is 2. The van der Waals surface area contributed by atoms with Crippen molar-refractivity contribution in [1.82, 2.24) is 9.21 Å². The highest BCUT2D eigenvalue weighted by Crippen LogP contribution is 2.22. The molecule has 0 saturated carbocycles. The summed E-state index contributed by atoms with van der Waals surface area (Å²) < 4.78 is 30.6. The van der Waals surface area contributed by atoms with Crippen molar-refractivity contribution in [3.8, 4) is 0 Å². The molecule has 2 heterocycles. The second-order valence-corrected chi connectivity index (χ2v) is 7.20. The third-order valence-corrected chi connectivity index (χ3v) is 5.76. The highest BCUT2D eigenvalue weighted by atomic mass is 32.2. The van der Waals surface area contributed by atoms with Crippen molar-refractivity contribution < 1.29 is 17.9 Å². The van der Waals surface area contributed by atoms with Gasteiger partial charge in [0.25, 0.3) is 0 Å². The Morgan fingerprint density at radius 3 is 2.47 bits per heavy atom. The average Bonchev–Trinajstić information content (AvgIpc) is 2.83. The minimum atomic E-state index is -3.11. The number of carbonyl (C=O) groups is 1. The summed E-state index contributed by atoms with van der Waals surface area (Å²) in [5.41, 5.74) is 0. The van der Waals surface area contributed by atoms with Gasteiger partial charge in [-0.25, -0.2) is 17.5 Å². The molecule has 2 aliphatic heterocycles. The summed E-state index contributed by atoms with van der Waals surface area (Å²) in [6.45, 7) is 4.10. The first-order valence-corrected chi connectivity index (χ1v) is 8.56. The molecule has 0 aromatic carbocycles. The molecule has 0 spiro atoms. The van der Waals surface area contributed by atoms with E-state index in [1.165, 1.54) is 0 Å². The quantitative estimate of drug-likeness (QED) is 0.758. The predicted octanol–water partition coefficient (Wildman–Crippen LogP) is 1.03. The first-order chi connectivity index (χ1) is 9.04. The summed E-state index contributed by atoms with van der Waals surface area (Å²) >= 11 is 0. The highest BCUT2D eigenvalue weighted by molar-refractivity contribution is 7.89. The third kappa shape index (κ3) is 3.39. The van der Waals surface area contributed by atoms with Gasteiger partial charge in [0.05, 0.1) is 12.3 Å². The molecule has 0 aromatic heterocycles. The lowest BCUT2D eigenvalue weighted by molar-refractivity contribution is 0.134. The second kappa shape index (κ2) is 6.09. The van der Waals surface area contributed by atoms with Crippen LogP contribution in [0.3, 0.4) is 0 Å². The Morgan fingerprint density at radius 1 is 1.26 bits per heavy atom. The number of cyclic esters (lactones) is 1. The van der Waals surface area contributed by atoms with Crippen molar-refractivity contribution in [2.75, 3.05) is 32.0 Å². The summed E-state index contributed by atoms with van der Waals surface area (Å²) in [5.74, 6) is 0.236. The van der Waals surface area contributed by atoms with Crippen molar-refractivity contribution in [2.45, 2.75) is 38.6 Å². The molecular formula is C12H22N2O4S. The van der Waals surface area contributed by atoms with E-state index in [2.05, 4.69) is 0 Å². The van der Waals surface area contributed by atoms with Gasteiger partial charge in [0.15, 0.2) is 0 Å². The molecule has 0 radical (unpaired) electrons. The minimum Gasteiger partial charge on any atom is -0.448 e. The van der Waals surface area contributed by atoms with Crippen LogP contribution < -0.4 is 0 Å².